The van der Waals surface area contributed by atoms with Gasteiger partial charge < -0.3 is 59.3 Å². The Bertz CT molecular complexity index is 1790. The monoisotopic (exact) mass is 619 g/mol. The highest BCUT2D eigenvalue weighted by Gasteiger charge is 2.70. The van der Waals surface area contributed by atoms with Gasteiger partial charge in [0.25, 0.3) is 5.79 Å². The van der Waals surface area contributed by atoms with E-state index in [2.05, 4.69) is 5.32 Å². The number of fused-ring (bicyclic) bond motifs is 8. The van der Waals surface area contributed by atoms with E-state index in [1.165, 1.54) is 19.3 Å². The van der Waals surface area contributed by atoms with Crippen LogP contribution in [0.1, 0.15) is 23.1 Å². The highest BCUT2D eigenvalue weighted by molar-refractivity contribution is 5.85. The molecule has 0 aliphatic carbocycles. The van der Waals surface area contributed by atoms with Gasteiger partial charge in [-0.15, -0.1) is 0 Å². The lowest BCUT2D eigenvalue weighted by molar-refractivity contribution is -0.356. The molecule has 8 atom stereocenters. The summed E-state index contributed by atoms with van der Waals surface area (Å²) in [7, 11) is 3.08. The molecule has 13 heteroatoms. The summed E-state index contributed by atoms with van der Waals surface area (Å²) in [6, 6.07) is 11.0. The largest absolute Gasteiger partial charge is 0.508 e. The zero-order valence-corrected chi connectivity index (χ0v) is 24.0. The van der Waals surface area contributed by atoms with Gasteiger partial charge in [-0.25, -0.2) is 4.79 Å². The van der Waals surface area contributed by atoms with Crippen LogP contribution in [0.4, 0.5) is 5.69 Å². The Kier molecular flexibility index (Phi) is 5.82. The summed E-state index contributed by atoms with van der Waals surface area (Å²) in [5, 5.41) is 56.4. The fourth-order valence-corrected chi connectivity index (χ4v) is 7.19. The number of nitrogens with one attached hydrogen (secondary N) is 1. The van der Waals surface area contributed by atoms with Crippen LogP contribution in [0.15, 0.2) is 54.6 Å². The first-order chi connectivity index (χ1) is 21.6. The van der Waals surface area contributed by atoms with Crippen LogP contribution in [0.3, 0.4) is 0 Å². The van der Waals surface area contributed by atoms with Gasteiger partial charge in [0.1, 0.15) is 35.8 Å². The molecule has 5 heterocycles. The number of aromatic hydroxyl groups is 1. The number of methoxy groups -OCH3 is 2. The molecule has 1 spiro atoms. The van der Waals surface area contributed by atoms with E-state index in [9.17, 15) is 30.3 Å². The number of hydrogen-bond acceptors (Lipinski definition) is 12. The number of phenolic OH excluding ortho intramolecular Hbond substituents is 1. The van der Waals surface area contributed by atoms with E-state index >= 15 is 0 Å². The minimum atomic E-state index is -2.37. The van der Waals surface area contributed by atoms with E-state index in [0.29, 0.717) is 45.4 Å². The number of phenols is 1. The van der Waals surface area contributed by atoms with Crippen LogP contribution in [-0.2, 0) is 9.53 Å². The molecule has 0 unspecified atom stereocenters. The fraction of sp³-hybridized carbons (Fsp3) is 0.344. The molecule has 1 saturated heterocycles. The van der Waals surface area contributed by atoms with Gasteiger partial charge in [-0.3, -0.25) is 0 Å². The van der Waals surface area contributed by atoms with E-state index in [0.717, 1.165) is 11.6 Å². The molecule has 5 aliphatic rings. The van der Waals surface area contributed by atoms with Gasteiger partial charge in [0, 0.05) is 11.1 Å². The van der Waals surface area contributed by atoms with E-state index in [4.69, 9.17) is 28.4 Å². The molecule has 3 aromatic rings. The lowest BCUT2D eigenvalue weighted by Crippen LogP contribution is -2.79. The number of aliphatic hydroxyl groups excluding tert-OH is 3. The molecule has 0 amide bonds. The molecule has 45 heavy (non-hydrogen) atoms. The zero-order chi connectivity index (χ0) is 31.4. The average molecular weight is 620 g/mol. The fourth-order valence-electron chi connectivity index (χ4n) is 7.19. The normalized spacial score (nSPS) is 33.0. The van der Waals surface area contributed by atoms with E-state index in [-0.39, 0.29) is 24.0 Å². The van der Waals surface area contributed by atoms with Gasteiger partial charge >= 0.3 is 5.97 Å². The predicted octanol–water partition coefficient (Wildman–Crippen LogP) is 2.06. The second-order valence-electron chi connectivity index (χ2n) is 11.7. The predicted molar refractivity (Wildman–Crippen MR) is 154 cm³/mol. The number of hydrogen-bond donors (Lipinski definition) is 6. The van der Waals surface area contributed by atoms with Gasteiger partial charge in [-0.1, -0.05) is 24.3 Å². The first-order valence-corrected chi connectivity index (χ1v) is 14.3. The van der Waals surface area contributed by atoms with Crippen LogP contribution in [-0.4, -0.2) is 88.1 Å². The van der Waals surface area contributed by atoms with Crippen molar-refractivity contribution in [2.75, 3.05) is 26.1 Å². The Morgan fingerprint density at radius 2 is 1.87 bits per heavy atom. The standard InChI is InChI=1S/C32H29NO12/c1-40-18-7-6-15-17-12-42-27-21(24(17)43-25(15)26(18)41-2)16(13-4-3-5-14(34)10-13)11-19-22(27)33-20-8-9-31(30(38)39)28(36)23(35)29(37)32(20,44-19)45-31/h3-11,17,20,23-24,28-29,33-37H,12H2,1-2H3,(H,38,39)/t17-,20-,23-,24-,28-,29+,31+,32+/m0/s1. The van der Waals surface area contributed by atoms with E-state index in [1.807, 2.05) is 12.1 Å². The first-order valence-electron chi connectivity index (χ1n) is 14.3. The van der Waals surface area contributed by atoms with Crippen LogP contribution in [0.2, 0.25) is 0 Å². The van der Waals surface area contributed by atoms with Crippen molar-refractivity contribution in [2.24, 2.45) is 0 Å². The molecule has 2 bridgehead atoms. The number of rotatable bonds is 4. The molecule has 0 saturated carbocycles. The second kappa shape index (κ2) is 9.41. The van der Waals surface area contributed by atoms with Crippen molar-refractivity contribution in [3.8, 4) is 45.6 Å². The topological polar surface area (TPSA) is 186 Å². The summed E-state index contributed by atoms with van der Waals surface area (Å²) in [5.74, 6) is -1.93. The van der Waals surface area contributed by atoms with Crippen LogP contribution in [0, 0.1) is 0 Å². The van der Waals surface area contributed by atoms with Crippen molar-refractivity contribution >= 4 is 11.7 Å². The molecule has 6 N–H and O–H groups in total. The average Bonchev–Trinajstić information content (AvgIpc) is 3.43. The summed E-state index contributed by atoms with van der Waals surface area (Å²) >= 11 is 0. The molecule has 5 aliphatic heterocycles. The lowest BCUT2D eigenvalue weighted by Gasteiger charge is -2.57. The minimum Gasteiger partial charge on any atom is -0.508 e. The molecule has 13 nitrogen and oxygen atoms in total. The molecular formula is C32H29NO12. The zero-order valence-electron chi connectivity index (χ0n) is 24.0. The molecule has 1 fully saturated rings. The van der Waals surface area contributed by atoms with Gasteiger partial charge in [0.2, 0.25) is 11.4 Å². The number of ether oxygens (including phenoxy) is 6. The van der Waals surface area contributed by atoms with Crippen molar-refractivity contribution in [3.05, 3.63) is 65.7 Å². The van der Waals surface area contributed by atoms with Crippen LogP contribution in [0.25, 0.3) is 11.1 Å². The summed E-state index contributed by atoms with van der Waals surface area (Å²) in [4.78, 5) is 12.3. The third-order valence-corrected chi connectivity index (χ3v) is 9.37. The third-order valence-electron chi connectivity index (χ3n) is 9.37. The number of carboxylic acids is 1. The molecule has 234 valence electrons. The van der Waals surface area contributed by atoms with Crippen molar-refractivity contribution in [1.29, 1.82) is 0 Å². The van der Waals surface area contributed by atoms with Crippen LogP contribution in [0.5, 0.6) is 34.5 Å². The smallest absolute Gasteiger partial charge is 0.343 e. The molecular weight excluding hydrogens is 590 g/mol. The summed E-state index contributed by atoms with van der Waals surface area (Å²) < 4.78 is 36.5. The third kappa shape index (κ3) is 3.54. The number of anilines is 1. The summed E-state index contributed by atoms with van der Waals surface area (Å²) in [6.45, 7) is 0.218. The van der Waals surface area contributed by atoms with Gasteiger partial charge in [-0.05, 0) is 41.5 Å². The van der Waals surface area contributed by atoms with Crippen LogP contribution >= 0.6 is 0 Å². The number of carbonyl (C=O) groups is 1. The Hall–Kier alpha value is -4.69. The van der Waals surface area contributed by atoms with Crippen molar-refractivity contribution in [3.63, 3.8) is 0 Å². The minimum absolute atomic E-state index is 0.0128. The maximum atomic E-state index is 12.3. The Labute approximate surface area is 255 Å². The Morgan fingerprint density at radius 1 is 1.04 bits per heavy atom. The molecule has 0 aromatic heterocycles. The number of aliphatic hydroxyl groups is 3. The van der Waals surface area contributed by atoms with Crippen LogP contribution < -0.4 is 29.0 Å². The maximum absolute atomic E-state index is 12.3. The Balaban J connectivity index is 1.32. The van der Waals surface area contributed by atoms with Crippen molar-refractivity contribution in [1.82, 2.24) is 0 Å². The van der Waals surface area contributed by atoms with Crippen molar-refractivity contribution < 1.29 is 58.7 Å². The number of aliphatic carboxylic acids is 1. The number of benzene rings is 3. The molecule has 8 rings (SSSR count). The SMILES string of the molecule is COc1ccc2c(c1OC)O[C@@H]1c3c(-c4cccc(O)c4)cc4c(c3OC[C@@H]21)N[C@H]1C=C[C@@]2(C(=O)O)O[C@@]1(O4)[C@H](O)[C@@H](O)[C@@H]2O. The maximum Gasteiger partial charge on any atom is 0.343 e. The highest BCUT2D eigenvalue weighted by Crippen LogP contribution is 2.62. The van der Waals surface area contributed by atoms with E-state index in [1.54, 1.807) is 31.4 Å². The van der Waals surface area contributed by atoms with E-state index < -0.39 is 47.8 Å². The molecule has 0 radical (unpaired) electrons. The van der Waals surface area contributed by atoms with Gasteiger partial charge in [0.05, 0.1) is 26.7 Å². The Morgan fingerprint density at radius 3 is 2.60 bits per heavy atom. The number of carboxylic acid groups (broad SMARTS) is 1. The summed E-state index contributed by atoms with van der Waals surface area (Å²) in [5.41, 5.74) is 0.693. The van der Waals surface area contributed by atoms with Gasteiger partial charge in [0.15, 0.2) is 29.1 Å². The van der Waals surface area contributed by atoms with Gasteiger partial charge in [-0.2, -0.15) is 0 Å². The van der Waals surface area contributed by atoms with Crippen molar-refractivity contribution in [2.45, 2.75) is 47.8 Å². The molecule has 3 aromatic carbocycles. The summed E-state index contributed by atoms with van der Waals surface area (Å²) in [6.07, 6.45) is -3.72. The quantitative estimate of drug-likeness (QED) is 0.233. The second-order valence-corrected chi connectivity index (χ2v) is 11.7. The first kappa shape index (κ1) is 27.8. The highest BCUT2D eigenvalue weighted by atomic mass is 16.7. The lowest BCUT2D eigenvalue weighted by atomic mass is 9.76.